The van der Waals surface area contributed by atoms with Crippen LogP contribution in [0.15, 0.2) is 23.1 Å². The van der Waals surface area contributed by atoms with Crippen LogP contribution in [0.3, 0.4) is 0 Å². The summed E-state index contributed by atoms with van der Waals surface area (Å²) in [4.78, 5) is -0.0997. The molecule has 0 bridgehead atoms. The Morgan fingerprint density at radius 3 is 2.81 bits per heavy atom. The van der Waals surface area contributed by atoms with Gasteiger partial charge < -0.3 is 9.84 Å². The number of hydrogen-bond acceptors (Lipinski definition) is 4. The normalized spacial score (nSPS) is 12.6. The van der Waals surface area contributed by atoms with Gasteiger partial charge in [-0.2, -0.15) is 0 Å². The summed E-state index contributed by atoms with van der Waals surface area (Å²) < 4.78 is 45.1. The monoisotopic (exact) mass is 315 g/mol. The first-order valence-corrected chi connectivity index (χ1v) is 7.79. The topological polar surface area (TPSA) is 75.6 Å². The second-order valence-electron chi connectivity index (χ2n) is 4.39. The highest BCUT2D eigenvalue weighted by Crippen LogP contribution is 2.16. The Kier molecular flexibility index (Phi) is 6.78. The third-order valence-electron chi connectivity index (χ3n) is 2.46. The van der Waals surface area contributed by atoms with Gasteiger partial charge >= 0.3 is 0 Å². The number of aliphatic hydroxyl groups is 1. The number of methoxy groups -OCH3 is 1. The summed E-state index contributed by atoms with van der Waals surface area (Å²) in [6, 6.07) is 2.86. The number of halogens is 1. The van der Waals surface area contributed by atoms with Crippen LogP contribution in [0.25, 0.3) is 0 Å². The number of ether oxygens (including phenoxy) is 1. The maximum Gasteiger partial charge on any atom is 0.242 e. The van der Waals surface area contributed by atoms with Crippen LogP contribution in [0.5, 0.6) is 0 Å². The van der Waals surface area contributed by atoms with Crippen LogP contribution in [-0.2, 0) is 14.8 Å². The highest BCUT2D eigenvalue weighted by molar-refractivity contribution is 7.89. The first-order valence-electron chi connectivity index (χ1n) is 6.31. The molecule has 0 aromatic heterocycles. The molecule has 0 saturated carbocycles. The van der Waals surface area contributed by atoms with Crippen LogP contribution in [0, 0.1) is 17.7 Å². The van der Waals surface area contributed by atoms with E-state index >= 15 is 0 Å². The molecule has 1 atom stereocenters. The van der Waals surface area contributed by atoms with Crippen LogP contribution in [0.4, 0.5) is 4.39 Å². The molecule has 0 aliphatic heterocycles. The molecule has 0 heterocycles. The van der Waals surface area contributed by atoms with Crippen molar-refractivity contribution in [1.29, 1.82) is 0 Å². The smallest absolute Gasteiger partial charge is 0.242 e. The number of sulfonamides is 1. The number of nitrogens with one attached hydrogen (secondary N) is 1. The Balaban J connectivity index is 3.14. The lowest BCUT2D eigenvalue weighted by molar-refractivity contribution is 0.180. The maximum absolute atomic E-state index is 13.3. The molecule has 0 fully saturated rings. The van der Waals surface area contributed by atoms with Gasteiger partial charge in [0, 0.05) is 25.1 Å². The third kappa shape index (κ3) is 5.44. The SMILES string of the molecule is COCC(C)NS(=O)(=O)c1ccc(F)cc1C#CCCO. The van der Waals surface area contributed by atoms with Crippen LogP contribution >= 0.6 is 0 Å². The van der Waals surface area contributed by atoms with Gasteiger partial charge in [0.1, 0.15) is 5.82 Å². The third-order valence-corrected chi connectivity index (χ3v) is 4.11. The summed E-state index contributed by atoms with van der Waals surface area (Å²) in [5.74, 6) is 4.58. The fraction of sp³-hybridized carbons (Fsp3) is 0.429. The summed E-state index contributed by atoms with van der Waals surface area (Å²) in [5, 5.41) is 8.68. The molecule has 1 rings (SSSR count). The summed E-state index contributed by atoms with van der Waals surface area (Å²) in [6.45, 7) is 1.72. The van der Waals surface area contributed by atoms with Crippen molar-refractivity contribution in [2.24, 2.45) is 0 Å². The lowest BCUT2D eigenvalue weighted by Crippen LogP contribution is -2.35. The molecular weight excluding hydrogens is 297 g/mol. The van der Waals surface area contributed by atoms with Crippen molar-refractivity contribution in [3.8, 4) is 11.8 Å². The van der Waals surface area contributed by atoms with Gasteiger partial charge in [-0.1, -0.05) is 11.8 Å². The Morgan fingerprint density at radius 2 is 2.19 bits per heavy atom. The van der Waals surface area contributed by atoms with Crippen molar-refractivity contribution in [3.63, 3.8) is 0 Å². The second-order valence-corrected chi connectivity index (χ2v) is 6.08. The molecule has 0 aliphatic carbocycles. The van der Waals surface area contributed by atoms with Gasteiger partial charge in [-0.15, -0.1) is 0 Å². The summed E-state index contributed by atoms with van der Waals surface area (Å²) in [5.41, 5.74) is 0.0561. The molecule has 1 aromatic rings. The minimum Gasteiger partial charge on any atom is -0.395 e. The fourth-order valence-corrected chi connectivity index (χ4v) is 3.03. The van der Waals surface area contributed by atoms with Gasteiger partial charge in [0.05, 0.1) is 18.1 Å². The van der Waals surface area contributed by atoms with E-state index in [1.54, 1.807) is 6.92 Å². The minimum atomic E-state index is -3.83. The molecule has 1 aromatic carbocycles. The van der Waals surface area contributed by atoms with Crippen LogP contribution in [-0.4, -0.2) is 39.9 Å². The quantitative estimate of drug-likeness (QED) is 0.764. The van der Waals surface area contributed by atoms with E-state index in [0.29, 0.717) is 0 Å². The highest BCUT2D eigenvalue weighted by atomic mass is 32.2. The van der Waals surface area contributed by atoms with E-state index in [0.717, 1.165) is 12.1 Å². The average Bonchev–Trinajstić information content (AvgIpc) is 2.38. The van der Waals surface area contributed by atoms with E-state index in [1.807, 2.05) is 0 Å². The fourth-order valence-electron chi connectivity index (χ4n) is 1.66. The van der Waals surface area contributed by atoms with Crippen molar-refractivity contribution in [2.75, 3.05) is 20.3 Å². The second kappa shape index (κ2) is 8.10. The van der Waals surface area contributed by atoms with Crippen molar-refractivity contribution in [2.45, 2.75) is 24.3 Å². The minimum absolute atomic E-state index is 0.0561. The molecule has 1 unspecified atom stereocenters. The van der Waals surface area contributed by atoms with E-state index in [-0.39, 0.29) is 30.1 Å². The van der Waals surface area contributed by atoms with Crippen molar-refractivity contribution < 1.29 is 22.7 Å². The zero-order valence-electron chi connectivity index (χ0n) is 11.9. The molecule has 0 amide bonds. The van der Waals surface area contributed by atoms with Crippen LogP contribution < -0.4 is 4.72 Å². The van der Waals surface area contributed by atoms with E-state index in [2.05, 4.69) is 16.6 Å². The van der Waals surface area contributed by atoms with E-state index in [9.17, 15) is 12.8 Å². The zero-order valence-corrected chi connectivity index (χ0v) is 12.7. The Morgan fingerprint density at radius 1 is 1.48 bits per heavy atom. The van der Waals surface area contributed by atoms with E-state index in [4.69, 9.17) is 9.84 Å². The van der Waals surface area contributed by atoms with Crippen molar-refractivity contribution in [3.05, 3.63) is 29.6 Å². The molecule has 5 nitrogen and oxygen atoms in total. The molecule has 21 heavy (non-hydrogen) atoms. The standard InChI is InChI=1S/C14H18FNO4S/c1-11(10-20-2)16-21(18,19)14-7-6-13(15)9-12(14)5-3-4-8-17/h6-7,9,11,16-17H,4,8,10H2,1-2H3. The molecular formula is C14H18FNO4S. The number of hydrogen-bond donors (Lipinski definition) is 2. The lowest BCUT2D eigenvalue weighted by Gasteiger charge is -2.14. The number of benzene rings is 1. The first-order chi connectivity index (χ1) is 9.90. The average molecular weight is 315 g/mol. The molecule has 0 spiro atoms. The molecule has 0 radical (unpaired) electrons. The number of rotatable bonds is 6. The lowest BCUT2D eigenvalue weighted by atomic mass is 10.2. The van der Waals surface area contributed by atoms with Crippen LogP contribution in [0.2, 0.25) is 0 Å². The van der Waals surface area contributed by atoms with Gasteiger partial charge in [0.2, 0.25) is 10.0 Å². The summed E-state index contributed by atoms with van der Waals surface area (Å²) in [7, 11) is -2.36. The van der Waals surface area contributed by atoms with Crippen molar-refractivity contribution >= 4 is 10.0 Å². The summed E-state index contributed by atoms with van der Waals surface area (Å²) in [6.07, 6.45) is 0.184. The largest absolute Gasteiger partial charge is 0.395 e. The van der Waals surface area contributed by atoms with Gasteiger partial charge in [-0.25, -0.2) is 17.5 Å². The number of aliphatic hydroxyl groups excluding tert-OH is 1. The molecule has 2 N–H and O–H groups in total. The van der Waals surface area contributed by atoms with E-state index in [1.165, 1.54) is 13.2 Å². The van der Waals surface area contributed by atoms with Gasteiger partial charge in [-0.05, 0) is 25.1 Å². The Labute approximate surface area is 124 Å². The van der Waals surface area contributed by atoms with Gasteiger partial charge in [0.25, 0.3) is 0 Å². The van der Waals surface area contributed by atoms with E-state index < -0.39 is 21.9 Å². The molecule has 0 aliphatic rings. The first kappa shape index (κ1) is 17.6. The predicted octanol–water partition coefficient (Wildman–Crippen LogP) is 0.873. The van der Waals surface area contributed by atoms with Crippen molar-refractivity contribution in [1.82, 2.24) is 4.72 Å². The molecule has 116 valence electrons. The maximum atomic E-state index is 13.3. The zero-order chi connectivity index (χ0) is 15.9. The Hall–Kier alpha value is -1.46. The van der Waals surface area contributed by atoms with Crippen LogP contribution in [0.1, 0.15) is 18.9 Å². The van der Waals surface area contributed by atoms with Gasteiger partial charge in [-0.3, -0.25) is 0 Å². The highest BCUT2D eigenvalue weighted by Gasteiger charge is 2.20. The summed E-state index contributed by atoms with van der Waals surface area (Å²) >= 11 is 0. The molecule has 7 heteroatoms. The van der Waals surface area contributed by atoms with Gasteiger partial charge in [0.15, 0.2) is 0 Å². The predicted molar refractivity (Wildman–Crippen MR) is 76.6 cm³/mol. The molecule has 0 saturated heterocycles. The Bertz CT molecular complexity index is 634.